The Bertz CT molecular complexity index is 812. The monoisotopic (exact) mass is 403 g/mol. The number of halogens is 2. The van der Waals surface area contributed by atoms with Gasteiger partial charge in [-0.1, -0.05) is 25.0 Å². The number of hydrogen-bond donors (Lipinski definition) is 1. The molecule has 1 aliphatic rings. The molecule has 0 aromatic heterocycles. The minimum Gasteiger partial charge on any atom is -0.488 e. The minimum atomic E-state index is -0.759. The molecular weight excluding hydrogens is 376 g/mol. The molecule has 1 saturated carbocycles. The molecule has 0 atom stereocenters. The average Bonchev–Trinajstić information content (AvgIpc) is 3.20. The third-order valence-electron chi connectivity index (χ3n) is 5.00. The van der Waals surface area contributed by atoms with Crippen LogP contribution in [0.25, 0.3) is 11.1 Å². The van der Waals surface area contributed by atoms with Gasteiger partial charge in [-0.05, 0) is 61.6 Å². The third kappa shape index (κ3) is 5.92. The third-order valence-corrected chi connectivity index (χ3v) is 5.00. The van der Waals surface area contributed by atoms with Crippen LogP contribution in [-0.4, -0.2) is 25.2 Å². The average molecular weight is 403 g/mol. The second kappa shape index (κ2) is 10.2. The van der Waals surface area contributed by atoms with Crippen LogP contribution in [0.15, 0.2) is 36.4 Å². The Hall–Kier alpha value is -2.63. The Morgan fingerprint density at radius 3 is 2.52 bits per heavy atom. The van der Waals surface area contributed by atoms with Crippen LogP contribution in [-0.2, 0) is 9.53 Å². The smallest absolute Gasteiger partial charge is 0.305 e. The van der Waals surface area contributed by atoms with Crippen LogP contribution < -0.4 is 10.1 Å². The molecule has 0 saturated heterocycles. The number of nitrogens with one attached hydrogen (secondary N) is 1. The zero-order chi connectivity index (χ0) is 20.6. The lowest BCUT2D eigenvalue weighted by molar-refractivity contribution is -0.143. The van der Waals surface area contributed by atoms with Crippen LogP contribution in [0.4, 0.5) is 14.5 Å². The van der Waals surface area contributed by atoms with Crippen LogP contribution in [0.2, 0.25) is 0 Å². The number of esters is 1. The summed E-state index contributed by atoms with van der Waals surface area (Å²) in [6.07, 6.45) is 5.24. The number of carbonyl (C=O) groups excluding carboxylic acids is 1. The lowest BCUT2D eigenvalue weighted by atomic mass is 10.0. The highest BCUT2D eigenvalue weighted by atomic mass is 19.1. The van der Waals surface area contributed by atoms with Crippen LogP contribution in [0.3, 0.4) is 0 Å². The van der Waals surface area contributed by atoms with Crippen molar-refractivity contribution in [1.82, 2.24) is 0 Å². The molecule has 0 bridgehead atoms. The van der Waals surface area contributed by atoms with Crippen LogP contribution in [0.5, 0.6) is 5.75 Å². The quantitative estimate of drug-likeness (QED) is 0.430. The van der Waals surface area contributed by atoms with E-state index < -0.39 is 17.4 Å². The van der Waals surface area contributed by atoms with Crippen molar-refractivity contribution in [3.8, 4) is 16.9 Å². The van der Waals surface area contributed by atoms with Crippen molar-refractivity contribution in [3.05, 3.63) is 48.0 Å². The normalized spacial score (nSPS) is 14.0. The molecule has 0 aliphatic heterocycles. The summed E-state index contributed by atoms with van der Waals surface area (Å²) in [5.41, 5.74) is 2.14. The number of benzene rings is 2. The van der Waals surface area contributed by atoms with E-state index in [1.54, 1.807) is 6.92 Å². The zero-order valence-electron chi connectivity index (χ0n) is 16.7. The first-order valence-corrected chi connectivity index (χ1v) is 10.2. The summed E-state index contributed by atoms with van der Waals surface area (Å²) < 4.78 is 39.0. The fourth-order valence-corrected chi connectivity index (χ4v) is 3.58. The highest BCUT2D eigenvalue weighted by Gasteiger charge is 2.16. The summed E-state index contributed by atoms with van der Waals surface area (Å²) >= 11 is 0. The Balaban J connectivity index is 1.64. The molecule has 0 heterocycles. The van der Waals surface area contributed by atoms with E-state index in [4.69, 9.17) is 9.47 Å². The fraction of sp³-hybridized carbons (Fsp3) is 0.435. The van der Waals surface area contributed by atoms with Crippen molar-refractivity contribution >= 4 is 11.7 Å². The molecule has 0 spiro atoms. The predicted molar refractivity (Wildman–Crippen MR) is 109 cm³/mol. The predicted octanol–water partition coefficient (Wildman–Crippen LogP) is 5.71. The van der Waals surface area contributed by atoms with Crippen molar-refractivity contribution < 1.29 is 23.0 Å². The lowest BCUT2D eigenvalue weighted by Gasteiger charge is -2.15. The summed E-state index contributed by atoms with van der Waals surface area (Å²) in [5.74, 6) is -2.29. The topological polar surface area (TPSA) is 47.6 Å². The number of rotatable bonds is 9. The van der Waals surface area contributed by atoms with Gasteiger partial charge in [-0.3, -0.25) is 4.79 Å². The van der Waals surface area contributed by atoms with E-state index in [0.717, 1.165) is 24.1 Å². The standard InChI is InChI=1S/C23H27F2NO3/c1-2-28-22(27)11-6-12-29-23-20(24)14-17(15-21(23)25)16-7-5-10-19(13-16)26-18-8-3-4-9-18/h5,7,10,13-15,18,26H,2-4,6,8-9,11-12H2,1H3. The van der Waals surface area contributed by atoms with E-state index in [-0.39, 0.29) is 19.0 Å². The maximum Gasteiger partial charge on any atom is 0.305 e. The Labute approximate surface area is 170 Å². The Morgan fingerprint density at radius 2 is 1.83 bits per heavy atom. The van der Waals surface area contributed by atoms with Crippen molar-refractivity contribution in [2.75, 3.05) is 18.5 Å². The molecule has 2 aromatic carbocycles. The molecule has 0 unspecified atom stereocenters. The second-order valence-electron chi connectivity index (χ2n) is 7.23. The van der Waals surface area contributed by atoms with Gasteiger partial charge in [0.25, 0.3) is 0 Å². The molecule has 156 valence electrons. The highest BCUT2D eigenvalue weighted by molar-refractivity contribution is 5.69. The number of anilines is 1. The van der Waals surface area contributed by atoms with Crippen LogP contribution in [0.1, 0.15) is 45.4 Å². The van der Waals surface area contributed by atoms with Gasteiger partial charge in [0.1, 0.15) is 0 Å². The first kappa shape index (κ1) is 21.1. The number of hydrogen-bond acceptors (Lipinski definition) is 4. The summed E-state index contributed by atoms with van der Waals surface area (Å²) in [6.45, 7) is 2.07. The number of carbonyl (C=O) groups is 1. The maximum atomic E-state index is 14.5. The van der Waals surface area contributed by atoms with Gasteiger partial charge < -0.3 is 14.8 Å². The first-order valence-electron chi connectivity index (χ1n) is 10.2. The van der Waals surface area contributed by atoms with Gasteiger partial charge in [0, 0.05) is 18.2 Å². The lowest BCUT2D eigenvalue weighted by Crippen LogP contribution is -2.14. The van der Waals surface area contributed by atoms with Gasteiger partial charge in [-0.15, -0.1) is 0 Å². The maximum absolute atomic E-state index is 14.5. The van der Waals surface area contributed by atoms with Gasteiger partial charge >= 0.3 is 5.97 Å². The van der Waals surface area contributed by atoms with E-state index in [2.05, 4.69) is 5.32 Å². The summed E-state index contributed by atoms with van der Waals surface area (Å²) in [7, 11) is 0. The molecule has 1 N–H and O–H groups in total. The van der Waals surface area contributed by atoms with E-state index >= 15 is 0 Å². The van der Waals surface area contributed by atoms with Crippen molar-refractivity contribution in [1.29, 1.82) is 0 Å². The van der Waals surface area contributed by atoms with Crippen molar-refractivity contribution in [2.24, 2.45) is 0 Å². The van der Waals surface area contributed by atoms with E-state index in [1.165, 1.54) is 25.0 Å². The minimum absolute atomic E-state index is 0.0345. The molecule has 2 aromatic rings. The molecule has 0 radical (unpaired) electrons. The van der Waals surface area contributed by atoms with Crippen molar-refractivity contribution in [2.45, 2.75) is 51.5 Å². The van der Waals surface area contributed by atoms with Gasteiger partial charge in [0.05, 0.1) is 13.2 Å². The fourth-order valence-electron chi connectivity index (χ4n) is 3.58. The van der Waals surface area contributed by atoms with Gasteiger partial charge in [-0.2, -0.15) is 0 Å². The SMILES string of the molecule is CCOC(=O)CCCOc1c(F)cc(-c2cccc(NC3CCCC3)c2)cc1F. The van der Waals surface area contributed by atoms with Crippen LogP contribution >= 0.6 is 0 Å². The van der Waals surface area contributed by atoms with Crippen LogP contribution in [0, 0.1) is 11.6 Å². The Kier molecular flexibility index (Phi) is 7.44. The number of ether oxygens (including phenoxy) is 2. The van der Waals surface area contributed by atoms with E-state index in [1.807, 2.05) is 24.3 Å². The molecule has 29 heavy (non-hydrogen) atoms. The molecule has 1 fully saturated rings. The molecular formula is C23H27F2NO3. The highest BCUT2D eigenvalue weighted by Crippen LogP contribution is 2.31. The molecule has 1 aliphatic carbocycles. The van der Waals surface area contributed by atoms with Gasteiger partial charge in [0.15, 0.2) is 17.4 Å². The molecule has 0 amide bonds. The van der Waals surface area contributed by atoms with Gasteiger partial charge in [0.2, 0.25) is 0 Å². The summed E-state index contributed by atoms with van der Waals surface area (Å²) in [6, 6.07) is 10.6. The first-order chi connectivity index (χ1) is 14.1. The molecule has 3 rings (SSSR count). The van der Waals surface area contributed by atoms with E-state index in [0.29, 0.717) is 24.6 Å². The van der Waals surface area contributed by atoms with E-state index in [9.17, 15) is 13.6 Å². The second-order valence-corrected chi connectivity index (χ2v) is 7.23. The molecule has 4 nitrogen and oxygen atoms in total. The van der Waals surface area contributed by atoms with Gasteiger partial charge in [-0.25, -0.2) is 8.78 Å². The van der Waals surface area contributed by atoms with Crippen molar-refractivity contribution in [3.63, 3.8) is 0 Å². The summed E-state index contributed by atoms with van der Waals surface area (Å²) in [4.78, 5) is 11.3. The Morgan fingerprint density at radius 1 is 1.10 bits per heavy atom. The molecule has 6 heteroatoms. The summed E-state index contributed by atoms with van der Waals surface area (Å²) in [5, 5.41) is 3.49. The largest absolute Gasteiger partial charge is 0.488 e. The zero-order valence-corrected chi connectivity index (χ0v) is 16.7.